The minimum absolute atomic E-state index is 0.0177. The Morgan fingerprint density at radius 2 is 1.80 bits per heavy atom. The van der Waals surface area contributed by atoms with Crippen LogP contribution in [0.1, 0.15) is 38.3 Å². The molecule has 0 saturated carbocycles. The van der Waals surface area contributed by atoms with Crippen LogP contribution in [0, 0.1) is 30.6 Å². The normalized spacial score (nSPS) is 27.4. The van der Waals surface area contributed by atoms with Gasteiger partial charge in [0.05, 0.1) is 39.9 Å². The van der Waals surface area contributed by atoms with E-state index in [1.165, 1.54) is 0 Å². The number of halogens is 1. The SMILES string of the molecule is C=CCN(Cc1ccccc1)C(=O)[C@@H]1[C@@H]2CC(C)C3(S2)C(C(=O)N(CC=C)c2c(C)cccc2Cl)N([C@@H](CO)C(C)C)C(=O)[C@H]13. The summed E-state index contributed by atoms with van der Waals surface area (Å²) in [4.78, 5) is 49.5. The molecule has 3 saturated heterocycles. The van der Waals surface area contributed by atoms with Crippen LogP contribution in [0.2, 0.25) is 5.02 Å². The number of thioether (sulfide) groups is 1. The summed E-state index contributed by atoms with van der Waals surface area (Å²) >= 11 is 8.35. The molecule has 7 nitrogen and oxygen atoms in total. The van der Waals surface area contributed by atoms with Crippen molar-refractivity contribution in [3.63, 3.8) is 0 Å². The topological polar surface area (TPSA) is 81.2 Å². The van der Waals surface area contributed by atoms with E-state index >= 15 is 4.79 Å². The number of para-hydroxylation sites is 1. The highest BCUT2D eigenvalue weighted by atomic mass is 35.5. The van der Waals surface area contributed by atoms with Gasteiger partial charge in [0.25, 0.3) is 5.91 Å². The largest absolute Gasteiger partial charge is 0.394 e. The first-order valence-corrected chi connectivity index (χ1v) is 17.0. The molecule has 9 heteroatoms. The molecule has 3 aliphatic heterocycles. The highest BCUT2D eigenvalue weighted by Crippen LogP contribution is 2.69. The van der Waals surface area contributed by atoms with E-state index < -0.39 is 28.7 Å². The number of nitrogens with zero attached hydrogens (tertiary/aromatic N) is 3. The zero-order valence-corrected chi connectivity index (χ0v) is 28.1. The van der Waals surface area contributed by atoms with Crippen LogP contribution in [0.15, 0.2) is 73.8 Å². The van der Waals surface area contributed by atoms with Gasteiger partial charge in [-0.1, -0.05) is 87.0 Å². The average Bonchev–Trinajstić information content (AvgIpc) is 3.60. The molecule has 240 valence electrons. The standard InChI is InChI=1S/C36H44ClN3O4S/c1-7-17-38(20-25-14-10-9-11-15-25)33(42)29-28-19-24(6)36(45-28)30(29)34(43)40(27(21-41)22(3)4)32(36)35(44)39(18-8-2)31-23(5)13-12-16-26(31)37/h7-16,22,24,27-30,32,41H,1-2,17-21H2,3-6H3/t24?,27-,28-,29+,30-,32?,36?/m0/s1. The van der Waals surface area contributed by atoms with Crippen molar-refractivity contribution in [1.82, 2.24) is 9.80 Å². The van der Waals surface area contributed by atoms with Crippen molar-refractivity contribution >= 4 is 46.8 Å². The van der Waals surface area contributed by atoms with Crippen molar-refractivity contribution in [3.8, 4) is 0 Å². The molecule has 3 heterocycles. The quantitative estimate of drug-likeness (QED) is 0.297. The van der Waals surface area contributed by atoms with Crippen molar-refractivity contribution in [2.24, 2.45) is 23.7 Å². The highest BCUT2D eigenvalue weighted by Gasteiger charge is 2.77. The molecule has 2 bridgehead atoms. The number of amides is 3. The number of aryl methyl sites for hydroxylation is 1. The number of hydrogen-bond acceptors (Lipinski definition) is 5. The summed E-state index contributed by atoms with van der Waals surface area (Å²) < 4.78 is -0.845. The summed E-state index contributed by atoms with van der Waals surface area (Å²) in [5, 5.41) is 11.0. The molecule has 0 aromatic heterocycles. The third-order valence-electron chi connectivity index (χ3n) is 9.93. The van der Waals surface area contributed by atoms with E-state index in [1.807, 2.05) is 63.2 Å². The molecule has 0 radical (unpaired) electrons. The van der Waals surface area contributed by atoms with Gasteiger partial charge >= 0.3 is 0 Å². The molecule has 1 N–H and O–H groups in total. The van der Waals surface area contributed by atoms with Crippen LogP contribution >= 0.6 is 23.4 Å². The smallest absolute Gasteiger partial charge is 0.251 e. The van der Waals surface area contributed by atoms with Crippen molar-refractivity contribution < 1.29 is 19.5 Å². The van der Waals surface area contributed by atoms with Gasteiger partial charge in [-0.05, 0) is 42.4 Å². The van der Waals surface area contributed by atoms with E-state index in [-0.39, 0.29) is 48.0 Å². The fourth-order valence-electron chi connectivity index (χ4n) is 7.93. The summed E-state index contributed by atoms with van der Waals surface area (Å²) in [7, 11) is 0. The number of aliphatic hydroxyl groups excluding tert-OH is 1. The van der Waals surface area contributed by atoms with Gasteiger partial charge in [0.2, 0.25) is 11.8 Å². The molecule has 7 atom stereocenters. The zero-order valence-electron chi connectivity index (χ0n) is 26.6. The first-order valence-electron chi connectivity index (χ1n) is 15.7. The number of hydrogen-bond donors (Lipinski definition) is 1. The number of carbonyl (C=O) groups excluding carboxylic acids is 3. The molecule has 3 fully saturated rings. The summed E-state index contributed by atoms with van der Waals surface area (Å²) in [6.45, 7) is 16.4. The van der Waals surface area contributed by atoms with Gasteiger partial charge in [-0.25, -0.2) is 0 Å². The van der Waals surface area contributed by atoms with Gasteiger partial charge in [0.15, 0.2) is 0 Å². The summed E-state index contributed by atoms with van der Waals surface area (Å²) in [5.74, 6) is -2.02. The Morgan fingerprint density at radius 1 is 1.11 bits per heavy atom. The lowest BCUT2D eigenvalue weighted by Crippen LogP contribution is -2.60. The van der Waals surface area contributed by atoms with Gasteiger partial charge in [-0.3, -0.25) is 14.4 Å². The predicted octanol–water partition coefficient (Wildman–Crippen LogP) is 5.74. The maximum atomic E-state index is 15.1. The molecular weight excluding hydrogens is 606 g/mol. The van der Waals surface area contributed by atoms with Gasteiger partial charge < -0.3 is 19.8 Å². The third kappa shape index (κ3) is 5.53. The maximum absolute atomic E-state index is 15.1. The molecule has 1 spiro atoms. The lowest BCUT2D eigenvalue weighted by atomic mass is 9.65. The van der Waals surface area contributed by atoms with E-state index in [9.17, 15) is 14.7 Å². The summed E-state index contributed by atoms with van der Waals surface area (Å²) in [6, 6.07) is 13.8. The molecule has 2 aromatic carbocycles. The summed E-state index contributed by atoms with van der Waals surface area (Å²) in [6.07, 6.45) is 4.09. The number of rotatable bonds is 12. The second-order valence-corrected chi connectivity index (χ2v) is 14.9. The van der Waals surface area contributed by atoms with E-state index in [2.05, 4.69) is 20.1 Å². The number of aliphatic hydroxyl groups is 1. The molecule has 2 aromatic rings. The lowest BCUT2D eigenvalue weighted by molar-refractivity contribution is -0.146. The Kier molecular flexibility index (Phi) is 9.87. The van der Waals surface area contributed by atoms with E-state index in [1.54, 1.807) is 44.7 Å². The van der Waals surface area contributed by atoms with Crippen LogP contribution in [0.25, 0.3) is 0 Å². The van der Waals surface area contributed by atoms with Crippen LogP contribution < -0.4 is 4.90 Å². The van der Waals surface area contributed by atoms with Crippen molar-refractivity contribution in [3.05, 3.63) is 90.0 Å². The highest BCUT2D eigenvalue weighted by molar-refractivity contribution is 8.02. The van der Waals surface area contributed by atoms with Crippen LogP contribution in [0.4, 0.5) is 5.69 Å². The fraction of sp³-hybridized carbons (Fsp3) is 0.472. The average molecular weight is 650 g/mol. The number of likely N-dealkylation sites (tertiary alicyclic amines) is 1. The zero-order chi connectivity index (χ0) is 32.6. The number of benzene rings is 2. The van der Waals surface area contributed by atoms with Crippen LogP contribution in [0.5, 0.6) is 0 Å². The molecule has 45 heavy (non-hydrogen) atoms. The first kappa shape index (κ1) is 33.3. The van der Waals surface area contributed by atoms with Crippen molar-refractivity contribution in [1.29, 1.82) is 0 Å². The Hall–Kier alpha value is -3.07. The minimum atomic E-state index is -0.894. The lowest BCUT2D eigenvalue weighted by Gasteiger charge is -2.43. The van der Waals surface area contributed by atoms with Crippen molar-refractivity contribution in [2.75, 3.05) is 24.6 Å². The second-order valence-electron chi connectivity index (χ2n) is 12.9. The maximum Gasteiger partial charge on any atom is 0.251 e. The summed E-state index contributed by atoms with van der Waals surface area (Å²) in [5.41, 5.74) is 2.41. The van der Waals surface area contributed by atoms with Gasteiger partial charge in [0, 0.05) is 24.9 Å². The van der Waals surface area contributed by atoms with Gasteiger partial charge in [-0.15, -0.1) is 24.9 Å². The van der Waals surface area contributed by atoms with E-state index in [0.29, 0.717) is 30.2 Å². The Labute approximate surface area is 276 Å². The van der Waals surface area contributed by atoms with Crippen LogP contribution in [-0.2, 0) is 20.9 Å². The number of carbonyl (C=O) groups is 3. The number of anilines is 1. The molecule has 3 aliphatic rings. The third-order valence-corrected chi connectivity index (χ3v) is 12.3. The van der Waals surface area contributed by atoms with E-state index in [4.69, 9.17) is 11.6 Å². The Bertz CT molecular complexity index is 1450. The van der Waals surface area contributed by atoms with Crippen molar-refractivity contribution in [2.45, 2.75) is 62.7 Å². The van der Waals surface area contributed by atoms with Gasteiger partial charge in [-0.2, -0.15) is 0 Å². The molecule has 3 amide bonds. The van der Waals surface area contributed by atoms with E-state index in [0.717, 1.165) is 11.1 Å². The number of fused-ring (bicyclic) bond motifs is 1. The minimum Gasteiger partial charge on any atom is -0.394 e. The Morgan fingerprint density at radius 3 is 2.40 bits per heavy atom. The van der Waals surface area contributed by atoms with Crippen LogP contribution in [0.3, 0.4) is 0 Å². The molecule has 5 rings (SSSR count). The first-order chi connectivity index (χ1) is 21.5. The Balaban J connectivity index is 1.63. The van der Waals surface area contributed by atoms with Gasteiger partial charge in [0.1, 0.15) is 6.04 Å². The molecule has 3 unspecified atom stereocenters. The predicted molar refractivity (Wildman–Crippen MR) is 182 cm³/mol. The second kappa shape index (κ2) is 13.3. The van der Waals surface area contributed by atoms with Crippen LogP contribution in [-0.4, -0.2) is 74.4 Å². The fourth-order valence-corrected chi connectivity index (χ4v) is 10.7. The molecule has 0 aliphatic carbocycles. The monoisotopic (exact) mass is 649 g/mol. The molecular formula is C36H44ClN3O4S.